The fraction of sp³-hybridized carbons (Fsp3) is 0.359. The van der Waals surface area contributed by atoms with E-state index < -0.39 is 74.8 Å². The van der Waals surface area contributed by atoms with E-state index in [0.717, 1.165) is 38.6 Å². The number of halogens is 2. The van der Waals surface area contributed by atoms with Crippen molar-refractivity contribution in [2.24, 2.45) is 4.99 Å². The standard InChI is InChI=1S/C39H45BF2N6O12S2/c1-25-20-28(44-31(25)22-33-27(8-6-18-48(2,3)4)21-34(46(33)40(41)42)30-9-5-17-43-30)14-11-26-12-15-29(16-13-26)59-19-7-10-36(49)45-32(24-61(53,54)55)39(52)60-47-37(50)23-35(38(47)51)62(56,57)58/h5,9,11-17,20-22,32,35H,6-8,10,18-19,23-24H2,1-4H3,(H3-,43,44,45,49,53,54,55,56,57,58)/p+1/b14-11+. The number of hydrogen-bond donors (Lipinski definition) is 4. The molecule has 0 spiro atoms. The lowest BCUT2D eigenvalue weighted by atomic mass is 10.1. The Morgan fingerprint density at radius 3 is 2.39 bits per heavy atom. The van der Waals surface area contributed by atoms with E-state index in [-0.39, 0.29) is 24.5 Å². The molecular weight excluding hydrogens is 857 g/mol. The summed E-state index contributed by atoms with van der Waals surface area (Å²) in [6.45, 7) is 2.73. The molecule has 1 fully saturated rings. The van der Waals surface area contributed by atoms with Crippen molar-refractivity contribution in [1.82, 2.24) is 19.8 Å². The van der Waals surface area contributed by atoms with Gasteiger partial charge in [-0.3, -0.25) is 32.1 Å². The van der Waals surface area contributed by atoms with Crippen LogP contribution in [0.5, 0.6) is 5.75 Å². The minimum absolute atomic E-state index is 0.00122. The molecule has 4 heterocycles. The van der Waals surface area contributed by atoms with Gasteiger partial charge in [-0.05, 0) is 85.0 Å². The molecule has 5 rings (SSSR count). The summed E-state index contributed by atoms with van der Waals surface area (Å²) in [5, 5.41) is -0.485. The molecule has 62 heavy (non-hydrogen) atoms. The molecule has 0 radical (unpaired) electrons. The summed E-state index contributed by atoms with van der Waals surface area (Å²) in [7, 11) is -6.49. The Morgan fingerprint density at radius 1 is 1.08 bits per heavy atom. The number of nitrogens with one attached hydrogen (secondary N) is 2. The van der Waals surface area contributed by atoms with Gasteiger partial charge in [-0.15, -0.1) is 5.06 Å². The number of rotatable bonds is 20. The quantitative estimate of drug-likeness (QED) is 0.0420. The molecule has 2 aromatic heterocycles. The first-order valence-electron chi connectivity index (χ1n) is 19.1. The number of aromatic nitrogens is 2. The van der Waals surface area contributed by atoms with Crippen LogP contribution in [0.3, 0.4) is 0 Å². The van der Waals surface area contributed by atoms with Crippen molar-refractivity contribution >= 4 is 69.2 Å². The first-order valence-corrected chi connectivity index (χ1v) is 22.3. The third-order valence-corrected chi connectivity index (χ3v) is 11.4. The van der Waals surface area contributed by atoms with Crippen molar-refractivity contribution in [3.8, 4) is 17.1 Å². The lowest BCUT2D eigenvalue weighted by molar-refractivity contribution is -0.870. The van der Waals surface area contributed by atoms with Crippen LogP contribution in [0.4, 0.5) is 8.63 Å². The summed E-state index contributed by atoms with van der Waals surface area (Å²) in [6.07, 6.45) is 8.99. The van der Waals surface area contributed by atoms with Crippen LogP contribution in [-0.2, 0) is 50.7 Å². The Hall–Kier alpha value is -5.75. The molecule has 2 aliphatic rings. The van der Waals surface area contributed by atoms with Crippen molar-refractivity contribution in [2.75, 3.05) is 40.0 Å². The largest absolute Gasteiger partial charge is 0.678 e. The van der Waals surface area contributed by atoms with Crippen molar-refractivity contribution in [1.29, 1.82) is 0 Å². The van der Waals surface area contributed by atoms with Crippen LogP contribution < -0.4 is 10.1 Å². The van der Waals surface area contributed by atoms with Gasteiger partial charge in [-0.1, -0.05) is 18.2 Å². The molecule has 0 saturated carbocycles. The number of amides is 3. The number of aliphatic imine (C=N–C) groups is 1. The number of nitrogens with zero attached hydrogens (tertiary/aromatic N) is 4. The average Bonchev–Trinajstić information content (AvgIpc) is 3.96. The summed E-state index contributed by atoms with van der Waals surface area (Å²) in [5.74, 6) is -6.48. The number of carbonyl (C=O) groups is 4. The van der Waals surface area contributed by atoms with Gasteiger partial charge in [0.2, 0.25) is 5.91 Å². The highest BCUT2D eigenvalue weighted by molar-refractivity contribution is 7.87. The van der Waals surface area contributed by atoms with E-state index in [1.54, 1.807) is 54.7 Å². The Morgan fingerprint density at radius 2 is 1.79 bits per heavy atom. The zero-order chi connectivity index (χ0) is 45.6. The van der Waals surface area contributed by atoms with Gasteiger partial charge in [0.25, 0.3) is 32.1 Å². The van der Waals surface area contributed by atoms with Crippen LogP contribution >= 0.6 is 0 Å². The first kappa shape index (κ1) is 47.3. The van der Waals surface area contributed by atoms with Crippen molar-refractivity contribution in [3.05, 3.63) is 88.9 Å². The number of aromatic amines is 1. The van der Waals surface area contributed by atoms with Crippen molar-refractivity contribution in [2.45, 2.75) is 50.3 Å². The molecule has 3 amide bonds. The maximum absolute atomic E-state index is 14.7. The van der Waals surface area contributed by atoms with Gasteiger partial charge >= 0.3 is 13.4 Å². The van der Waals surface area contributed by atoms with E-state index in [4.69, 9.17) is 14.3 Å². The number of carbonyl (C=O) groups excluding carboxylic acids is 4. The van der Waals surface area contributed by atoms with Gasteiger partial charge in [0.15, 0.2) is 5.25 Å². The molecule has 332 valence electrons. The second-order valence-electron chi connectivity index (χ2n) is 15.6. The number of allylic oxidation sites excluding steroid dienone is 3. The van der Waals surface area contributed by atoms with Crippen LogP contribution in [0.2, 0.25) is 0 Å². The zero-order valence-corrected chi connectivity index (χ0v) is 35.8. The molecule has 2 unspecified atom stereocenters. The van der Waals surface area contributed by atoms with Gasteiger partial charge in [-0.2, -0.15) is 16.8 Å². The normalized spacial score (nSPS) is 17.1. The highest BCUT2D eigenvalue weighted by Crippen LogP contribution is 2.32. The van der Waals surface area contributed by atoms with Gasteiger partial charge in [0.05, 0.1) is 63.5 Å². The van der Waals surface area contributed by atoms with Crippen molar-refractivity contribution in [3.63, 3.8) is 0 Å². The molecule has 0 bridgehead atoms. The lowest BCUT2D eigenvalue weighted by Gasteiger charge is -2.23. The maximum atomic E-state index is 14.7. The summed E-state index contributed by atoms with van der Waals surface area (Å²) in [4.78, 5) is 61.7. The van der Waals surface area contributed by atoms with Crippen LogP contribution in [0.15, 0.2) is 77.1 Å². The molecule has 1 aromatic carbocycles. The van der Waals surface area contributed by atoms with Crippen LogP contribution in [0.25, 0.3) is 23.5 Å². The smallest absolute Gasteiger partial charge is 0.494 e. The zero-order valence-electron chi connectivity index (χ0n) is 34.2. The summed E-state index contributed by atoms with van der Waals surface area (Å²) < 4.78 is 101. The predicted octanol–water partition coefficient (Wildman–Crippen LogP) is 3.35. The molecular formula is C39H46BF2N6O12S2+. The number of aryl methyl sites for hydroxylation is 1. The molecule has 2 aliphatic heterocycles. The molecule has 23 heteroatoms. The highest BCUT2D eigenvalue weighted by Gasteiger charge is 2.49. The number of imide groups is 1. The second-order valence-corrected chi connectivity index (χ2v) is 18.6. The number of benzene rings is 1. The Balaban J connectivity index is 1.17. The molecule has 0 aliphatic carbocycles. The van der Waals surface area contributed by atoms with E-state index >= 15 is 0 Å². The lowest BCUT2D eigenvalue weighted by Crippen LogP contribution is -2.49. The van der Waals surface area contributed by atoms with E-state index in [9.17, 15) is 49.2 Å². The molecule has 18 nitrogen and oxygen atoms in total. The molecule has 4 N–H and O–H groups in total. The number of quaternary nitrogens is 1. The van der Waals surface area contributed by atoms with Crippen LogP contribution in [0.1, 0.15) is 49.4 Å². The topological polar surface area (TPSA) is 244 Å². The third kappa shape index (κ3) is 12.9. The number of H-pyrrole nitrogens is 1. The molecule has 2 atom stereocenters. The molecule has 1 saturated heterocycles. The van der Waals surface area contributed by atoms with E-state index in [1.807, 2.05) is 30.5 Å². The van der Waals surface area contributed by atoms with E-state index in [1.165, 1.54) is 0 Å². The van der Waals surface area contributed by atoms with Crippen LogP contribution in [0, 0.1) is 0 Å². The van der Waals surface area contributed by atoms with Crippen LogP contribution in [-0.4, -0.2) is 133 Å². The second kappa shape index (κ2) is 19.5. The van der Waals surface area contributed by atoms with Gasteiger partial charge < -0.3 is 28.8 Å². The van der Waals surface area contributed by atoms with Gasteiger partial charge in [0.1, 0.15) is 17.5 Å². The summed E-state index contributed by atoms with van der Waals surface area (Å²) in [5.41, 5.74) is 4.95. The number of hydroxylamine groups is 2. The minimum Gasteiger partial charge on any atom is -0.494 e. The van der Waals surface area contributed by atoms with Gasteiger partial charge in [0, 0.05) is 24.7 Å². The average molecular weight is 904 g/mol. The summed E-state index contributed by atoms with van der Waals surface area (Å²) in [6, 6.07) is 10.1. The fourth-order valence-corrected chi connectivity index (χ4v) is 7.86. The number of ether oxygens (including phenoxy) is 1. The SMILES string of the molecule is CC1=CC(/C=C/c2ccc(OCCCC(=O)NC(CS(=O)(=O)O)C(=O)ON3C(=O)CC(S(=O)(=O)O)C3=O)cc2)=NC/1=C\c1c(CCC[N+](C)(C)C)cc(-c2ccc[nH]2)n1B(F)F. The number of hydrogen-bond acceptors (Lipinski definition) is 11. The Bertz CT molecular complexity index is 2530. The highest BCUT2D eigenvalue weighted by atomic mass is 32.2. The van der Waals surface area contributed by atoms with Gasteiger partial charge in [-0.25, -0.2) is 9.79 Å². The van der Waals surface area contributed by atoms with E-state index in [2.05, 4.69) is 31.0 Å². The minimum atomic E-state index is -5.04. The maximum Gasteiger partial charge on any atom is 0.678 e. The predicted molar refractivity (Wildman–Crippen MR) is 224 cm³/mol. The fourth-order valence-electron chi connectivity index (χ4n) is 6.51. The van der Waals surface area contributed by atoms with E-state index in [0.29, 0.717) is 40.7 Å². The Labute approximate surface area is 357 Å². The summed E-state index contributed by atoms with van der Waals surface area (Å²) >= 11 is 0. The van der Waals surface area contributed by atoms with Crippen molar-refractivity contribution < 1.29 is 67.8 Å². The first-order chi connectivity index (χ1) is 29.0. The monoisotopic (exact) mass is 903 g/mol. The Kier molecular flexibility index (Phi) is 14.9. The third-order valence-electron chi connectivity index (χ3n) is 9.54. The molecule has 3 aromatic rings.